The Labute approximate surface area is 181 Å². The molecular weight excluding hydrogens is 402 g/mol. The van der Waals surface area contributed by atoms with Crippen molar-refractivity contribution in [2.24, 2.45) is 4.99 Å². The molecule has 1 fully saturated rings. The molecule has 2 amide bonds. The number of carbonyl (C=O) groups is 2. The maximum atomic E-state index is 12.5. The van der Waals surface area contributed by atoms with Gasteiger partial charge in [-0.1, -0.05) is 35.9 Å². The van der Waals surface area contributed by atoms with Gasteiger partial charge in [-0.15, -0.1) is 0 Å². The van der Waals surface area contributed by atoms with Crippen LogP contribution in [0.5, 0.6) is 0 Å². The summed E-state index contributed by atoms with van der Waals surface area (Å²) in [5.74, 6) is 0.462. The lowest BCUT2D eigenvalue weighted by Gasteiger charge is -2.26. The van der Waals surface area contributed by atoms with E-state index in [2.05, 4.69) is 20.9 Å². The number of benzene rings is 2. The molecule has 0 atom stereocenters. The van der Waals surface area contributed by atoms with Crippen LogP contribution in [0.2, 0.25) is 5.02 Å². The van der Waals surface area contributed by atoms with Gasteiger partial charge in [-0.25, -0.2) is 0 Å². The van der Waals surface area contributed by atoms with Crippen LogP contribution in [0.4, 0.5) is 0 Å². The van der Waals surface area contributed by atoms with Gasteiger partial charge in [-0.3, -0.25) is 14.6 Å². The summed E-state index contributed by atoms with van der Waals surface area (Å²) in [5, 5.41) is 10.0. The number of amides is 2. The minimum absolute atomic E-state index is 0.110. The van der Waals surface area contributed by atoms with Gasteiger partial charge in [-0.2, -0.15) is 0 Å². The third-order valence-corrected chi connectivity index (χ3v) is 5.04. The second-order valence-electron chi connectivity index (χ2n) is 7.01. The molecule has 1 aliphatic rings. The van der Waals surface area contributed by atoms with E-state index in [4.69, 9.17) is 11.6 Å². The molecule has 1 saturated heterocycles. The van der Waals surface area contributed by atoms with Crippen LogP contribution in [-0.4, -0.2) is 55.9 Å². The molecule has 0 saturated carbocycles. The average molecular weight is 428 g/mol. The first-order valence-corrected chi connectivity index (χ1v) is 10.3. The summed E-state index contributed by atoms with van der Waals surface area (Å²) in [6.07, 6.45) is 0.840. The highest BCUT2D eigenvalue weighted by atomic mass is 35.5. The van der Waals surface area contributed by atoms with E-state index in [9.17, 15) is 9.59 Å². The highest BCUT2D eigenvalue weighted by Crippen LogP contribution is 2.11. The van der Waals surface area contributed by atoms with Crippen LogP contribution in [0.25, 0.3) is 0 Å². The quantitative estimate of drug-likeness (QED) is 0.485. The van der Waals surface area contributed by atoms with Crippen LogP contribution in [0, 0.1) is 0 Å². The zero-order chi connectivity index (χ0) is 21.3. The molecular formula is C22H26ClN5O2. The highest BCUT2D eigenvalue weighted by molar-refractivity contribution is 6.30. The molecule has 0 aromatic heterocycles. The third-order valence-electron chi connectivity index (χ3n) is 4.81. The fraction of sp³-hybridized carbons (Fsp3) is 0.318. The second kappa shape index (κ2) is 10.6. The molecule has 7 nitrogen and oxygen atoms in total. The number of rotatable bonds is 6. The molecule has 0 unspecified atom stereocenters. The summed E-state index contributed by atoms with van der Waals surface area (Å²) in [7, 11) is 1.73. The van der Waals surface area contributed by atoms with Gasteiger partial charge < -0.3 is 20.9 Å². The summed E-state index contributed by atoms with van der Waals surface area (Å²) in [5.41, 5.74) is 2.77. The van der Waals surface area contributed by atoms with Crippen LogP contribution >= 0.6 is 11.6 Å². The molecule has 30 heavy (non-hydrogen) atoms. The van der Waals surface area contributed by atoms with Crippen molar-refractivity contribution >= 4 is 29.4 Å². The summed E-state index contributed by atoms with van der Waals surface area (Å²) < 4.78 is 0. The highest BCUT2D eigenvalue weighted by Gasteiger charge is 2.22. The van der Waals surface area contributed by atoms with Gasteiger partial charge in [0.2, 0.25) is 5.91 Å². The molecule has 0 aliphatic carbocycles. The van der Waals surface area contributed by atoms with Crippen LogP contribution in [0.3, 0.4) is 0 Å². The van der Waals surface area contributed by atoms with E-state index in [0.29, 0.717) is 31.2 Å². The van der Waals surface area contributed by atoms with E-state index in [1.165, 1.54) is 0 Å². The van der Waals surface area contributed by atoms with Gasteiger partial charge in [0.25, 0.3) is 5.91 Å². The number of piperazine rings is 1. The zero-order valence-corrected chi connectivity index (χ0v) is 17.7. The topological polar surface area (TPSA) is 85.8 Å². The third kappa shape index (κ3) is 6.22. The smallest absolute Gasteiger partial charge is 0.254 e. The molecule has 8 heteroatoms. The first kappa shape index (κ1) is 21.6. The molecule has 3 N–H and O–H groups in total. The van der Waals surface area contributed by atoms with Gasteiger partial charge in [0.05, 0.1) is 6.54 Å². The van der Waals surface area contributed by atoms with E-state index in [1.54, 1.807) is 24.1 Å². The van der Waals surface area contributed by atoms with Gasteiger partial charge in [0.1, 0.15) is 0 Å². The Morgan fingerprint density at radius 2 is 1.97 bits per heavy atom. The van der Waals surface area contributed by atoms with Gasteiger partial charge in [0.15, 0.2) is 5.96 Å². The molecule has 0 radical (unpaired) electrons. The number of nitrogens with zero attached hydrogens (tertiary/aromatic N) is 2. The summed E-state index contributed by atoms with van der Waals surface area (Å²) in [4.78, 5) is 29.8. The van der Waals surface area contributed by atoms with E-state index in [1.807, 2.05) is 36.4 Å². The number of aliphatic imine (C=N–C) groups is 1. The van der Waals surface area contributed by atoms with Crippen molar-refractivity contribution in [1.82, 2.24) is 20.9 Å². The number of carbonyl (C=O) groups excluding carboxylic acids is 2. The lowest BCUT2D eigenvalue weighted by molar-refractivity contribution is -0.123. The lowest BCUT2D eigenvalue weighted by Crippen LogP contribution is -2.49. The van der Waals surface area contributed by atoms with E-state index in [0.717, 1.165) is 29.1 Å². The monoisotopic (exact) mass is 427 g/mol. The molecule has 2 aromatic carbocycles. The Bertz CT molecular complexity index is 914. The largest absolute Gasteiger partial charge is 0.356 e. The van der Waals surface area contributed by atoms with Crippen molar-refractivity contribution in [3.8, 4) is 0 Å². The fourth-order valence-corrected chi connectivity index (χ4v) is 3.40. The van der Waals surface area contributed by atoms with E-state index >= 15 is 0 Å². The molecule has 0 spiro atoms. The second-order valence-corrected chi connectivity index (χ2v) is 7.44. The van der Waals surface area contributed by atoms with Gasteiger partial charge >= 0.3 is 0 Å². The Hall–Kier alpha value is -3.06. The van der Waals surface area contributed by atoms with Crippen LogP contribution in [0.1, 0.15) is 21.5 Å². The molecule has 0 bridgehead atoms. The number of guanidine groups is 1. The number of hydrogen-bond donors (Lipinski definition) is 3. The van der Waals surface area contributed by atoms with Gasteiger partial charge in [0, 0.05) is 43.8 Å². The van der Waals surface area contributed by atoms with Crippen molar-refractivity contribution in [3.63, 3.8) is 0 Å². The molecule has 3 rings (SSSR count). The molecule has 2 aromatic rings. The SMILES string of the molecule is CN=C(NCCc1cccc(Cl)c1)NCc1ccc(C(=O)N2CCNC(=O)C2)cc1. The molecule has 1 heterocycles. The fourth-order valence-electron chi connectivity index (χ4n) is 3.18. The van der Waals surface area contributed by atoms with Crippen molar-refractivity contribution in [2.75, 3.05) is 33.2 Å². The standard InChI is InChI=1S/C22H26ClN5O2/c1-24-22(26-10-9-16-3-2-4-19(23)13-16)27-14-17-5-7-18(8-6-17)21(30)28-12-11-25-20(29)15-28/h2-8,13H,9-12,14-15H2,1H3,(H,25,29)(H2,24,26,27). The van der Waals surface area contributed by atoms with Crippen LogP contribution in [0.15, 0.2) is 53.5 Å². The van der Waals surface area contributed by atoms with Crippen LogP contribution in [-0.2, 0) is 17.8 Å². The van der Waals surface area contributed by atoms with Crippen LogP contribution < -0.4 is 16.0 Å². The molecule has 158 valence electrons. The van der Waals surface area contributed by atoms with Crippen molar-refractivity contribution in [2.45, 2.75) is 13.0 Å². The Morgan fingerprint density at radius 3 is 2.67 bits per heavy atom. The first-order chi connectivity index (χ1) is 14.5. The predicted octanol–water partition coefficient (Wildman–Crippen LogP) is 1.82. The number of halogens is 1. The molecule has 1 aliphatic heterocycles. The minimum Gasteiger partial charge on any atom is -0.356 e. The summed E-state index contributed by atoms with van der Waals surface area (Å²) >= 11 is 6.01. The Kier molecular flexibility index (Phi) is 7.68. The van der Waals surface area contributed by atoms with Crippen molar-refractivity contribution in [1.29, 1.82) is 0 Å². The summed E-state index contributed by atoms with van der Waals surface area (Å²) in [6.45, 7) is 2.45. The summed E-state index contributed by atoms with van der Waals surface area (Å²) in [6, 6.07) is 15.2. The predicted molar refractivity (Wildman–Crippen MR) is 119 cm³/mol. The minimum atomic E-state index is -0.122. The van der Waals surface area contributed by atoms with E-state index in [-0.39, 0.29) is 18.4 Å². The van der Waals surface area contributed by atoms with Gasteiger partial charge in [-0.05, 0) is 41.8 Å². The number of nitrogens with one attached hydrogen (secondary N) is 3. The zero-order valence-electron chi connectivity index (χ0n) is 17.0. The maximum Gasteiger partial charge on any atom is 0.254 e. The Morgan fingerprint density at radius 1 is 1.17 bits per heavy atom. The average Bonchev–Trinajstić information content (AvgIpc) is 2.76. The first-order valence-electron chi connectivity index (χ1n) is 9.89. The van der Waals surface area contributed by atoms with E-state index < -0.39 is 0 Å². The Balaban J connectivity index is 1.46. The maximum absolute atomic E-state index is 12.5. The number of hydrogen-bond acceptors (Lipinski definition) is 3. The normalized spacial score (nSPS) is 14.3. The lowest BCUT2D eigenvalue weighted by atomic mass is 10.1. The van der Waals surface area contributed by atoms with Crippen molar-refractivity contribution in [3.05, 3.63) is 70.2 Å². The van der Waals surface area contributed by atoms with Crippen molar-refractivity contribution < 1.29 is 9.59 Å².